The monoisotopic (exact) mass is 467 g/mol. The minimum atomic E-state index is -0.281. The Kier molecular flexibility index (Phi) is 6.53. The van der Waals surface area contributed by atoms with Crippen LogP contribution in [0.3, 0.4) is 0 Å². The summed E-state index contributed by atoms with van der Waals surface area (Å²) in [7, 11) is 0. The molecule has 0 radical (unpaired) electrons. The fourth-order valence-electron chi connectivity index (χ4n) is 3.88. The van der Waals surface area contributed by atoms with Crippen molar-refractivity contribution in [1.29, 1.82) is 0 Å². The Labute approximate surface area is 184 Å². The second-order valence-electron chi connectivity index (χ2n) is 7.68. The Morgan fingerprint density at radius 1 is 1.03 bits per heavy atom. The summed E-state index contributed by atoms with van der Waals surface area (Å²) in [5.41, 5.74) is 3.28. The number of halogens is 2. The van der Waals surface area contributed by atoms with E-state index in [2.05, 4.69) is 26.2 Å². The molecule has 1 saturated carbocycles. The smallest absolute Gasteiger partial charge is 0.229 e. The molecule has 0 saturated heterocycles. The lowest BCUT2D eigenvalue weighted by Gasteiger charge is -2.23. The number of carbonyl (C=O) groups is 1. The van der Waals surface area contributed by atoms with Gasteiger partial charge in [-0.1, -0.05) is 47.3 Å². The molecule has 1 aliphatic rings. The van der Waals surface area contributed by atoms with Crippen LogP contribution in [0.2, 0.25) is 0 Å². The van der Waals surface area contributed by atoms with E-state index in [4.69, 9.17) is 4.98 Å². The lowest BCUT2D eigenvalue weighted by molar-refractivity contribution is -0.115. The van der Waals surface area contributed by atoms with Crippen LogP contribution in [0.1, 0.15) is 49.3 Å². The topological polar surface area (TPSA) is 54.9 Å². The summed E-state index contributed by atoms with van der Waals surface area (Å²) >= 11 is 3.41. The highest BCUT2D eigenvalue weighted by molar-refractivity contribution is 9.10. The van der Waals surface area contributed by atoms with Crippen molar-refractivity contribution in [1.82, 2.24) is 9.97 Å². The highest BCUT2D eigenvalue weighted by atomic mass is 79.9. The summed E-state index contributed by atoms with van der Waals surface area (Å²) in [6.45, 7) is 0. The van der Waals surface area contributed by atoms with Crippen LogP contribution in [0.4, 0.5) is 10.2 Å². The van der Waals surface area contributed by atoms with Gasteiger partial charge in [-0.05, 0) is 54.8 Å². The average Bonchev–Trinajstić information content (AvgIpc) is 2.77. The molecule has 30 heavy (non-hydrogen) atoms. The van der Waals surface area contributed by atoms with Gasteiger partial charge in [0.1, 0.15) is 5.82 Å². The lowest BCUT2D eigenvalue weighted by atomic mass is 9.86. The third-order valence-corrected chi connectivity index (χ3v) is 6.00. The Morgan fingerprint density at radius 2 is 1.73 bits per heavy atom. The van der Waals surface area contributed by atoms with Gasteiger partial charge in [0.05, 0.1) is 24.0 Å². The van der Waals surface area contributed by atoms with Gasteiger partial charge < -0.3 is 5.32 Å². The van der Waals surface area contributed by atoms with E-state index in [0.29, 0.717) is 11.5 Å². The molecule has 2 aromatic carbocycles. The Morgan fingerprint density at radius 3 is 2.43 bits per heavy atom. The molecule has 4 rings (SSSR count). The molecule has 154 valence electrons. The van der Waals surface area contributed by atoms with Gasteiger partial charge in [-0.2, -0.15) is 0 Å². The summed E-state index contributed by atoms with van der Waals surface area (Å²) in [4.78, 5) is 22.1. The SMILES string of the molecule is O=C(Cc1ccc(Br)cc1)Nc1ncc(-c2ccc(F)cc2)nc1C1CCCCC1. The van der Waals surface area contributed by atoms with Crippen molar-refractivity contribution < 1.29 is 9.18 Å². The van der Waals surface area contributed by atoms with E-state index in [1.54, 1.807) is 18.3 Å². The summed E-state index contributed by atoms with van der Waals surface area (Å²) in [5.74, 6) is 0.416. The first-order valence-electron chi connectivity index (χ1n) is 10.3. The average molecular weight is 468 g/mol. The number of nitrogens with one attached hydrogen (secondary N) is 1. The number of anilines is 1. The van der Waals surface area contributed by atoms with E-state index in [0.717, 1.165) is 47.0 Å². The van der Waals surface area contributed by atoms with Crippen LogP contribution in [0.5, 0.6) is 0 Å². The number of nitrogens with zero attached hydrogens (tertiary/aromatic N) is 2. The predicted octanol–water partition coefficient (Wildman–Crippen LogP) is 6.27. The van der Waals surface area contributed by atoms with Crippen molar-refractivity contribution in [3.05, 3.63) is 76.3 Å². The normalized spacial score (nSPS) is 14.5. The first-order chi connectivity index (χ1) is 14.6. The second kappa shape index (κ2) is 9.47. The molecule has 0 unspecified atom stereocenters. The van der Waals surface area contributed by atoms with Crippen LogP contribution in [-0.2, 0) is 11.2 Å². The number of amides is 1. The molecule has 1 aromatic heterocycles. The highest BCUT2D eigenvalue weighted by Crippen LogP contribution is 2.35. The molecule has 6 heteroatoms. The first-order valence-corrected chi connectivity index (χ1v) is 11.0. The van der Waals surface area contributed by atoms with Gasteiger partial charge in [0.2, 0.25) is 5.91 Å². The van der Waals surface area contributed by atoms with Gasteiger partial charge >= 0.3 is 0 Å². The van der Waals surface area contributed by atoms with Gasteiger partial charge in [0.25, 0.3) is 0 Å². The van der Waals surface area contributed by atoms with E-state index in [1.165, 1.54) is 18.6 Å². The maximum absolute atomic E-state index is 13.3. The number of hydrogen-bond acceptors (Lipinski definition) is 3. The summed E-state index contributed by atoms with van der Waals surface area (Å²) in [5, 5.41) is 2.97. The van der Waals surface area contributed by atoms with Crippen LogP contribution < -0.4 is 5.32 Å². The third-order valence-electron chi connectivity index (χ3n) is 5.47. The van der Waals surface area contributed by atoms with Crippen molar-refractivity contribution in [3.8, 4) is 11.3 Å². The van der Waals surface area contributed by atoms with Crippen LogP contribution in [0.25, 0.3) is 11.3 Å². The van der Waals surface area contributed by atoms with Crippen molar-refractivity contribution in [3.63, 3.8) is 0 Å². The van der Waals surface area contributed by atoms with Crippen LogP contribution in [0, 0.1) is 5.82 Å². The van der Waals surface area contributed by atoms with Crippen molar-refractivity contribution in [2.75, 3.05) is 5.32 Å². The molecular weight excluding hydrogens is 445 g/mol. The van der Waals surface area contributed by atoms with Crippen LogP contribution >= 0.6 is 15.9 Å². The van der Waals surface area contributed by atoms with Crippen molar-refractivity contribution in [2.24, 2.45) is 0 Å². The Balaban J connectivity index is 1.59. The highest BCUT2D eigenvalue weighted by Gasteiger charge is 2.23. The van der Waals surface area contributed by atoms with Gasteiger partial charge in [-0.3, -0.25) is 4.79 Å². The standard InChI is InChI=1S/C24H23BrFN3O/c25-19-10-6-16(7-11-19)14-22(30)29-24-23(18-4-2-1-3-5-18)28-21(15-27-24)17-8-12-20(26)13-9-17/h6-13,15,18H,1-5,14H2,(H,27,29,30). The molecule has 1 heterocycles. The van der Waals surface area contributed by atoms with E-state index in [9.17, 15) is 9.18 Å². The maximum Gasteiger partial charge on any atom is 0.229 e. The molecule has 0 atom stereocenters. The van der Waals surface area contributed by atoms with E-state index in [-0.39, 0.29) is 24.1 Å². The Hall–Kier alpha value is -2.60. The van der Waals surface area contributed by atoms with Gasteiger partial charge in [-0.25, -0.2) is 14.4 Å². The quantitative estimate of drug-likeness (QED) is 0.480. The minimum absolute atomic E-state index is 0.113. The van der Waals surface area contributed by atoms with Crippen molar-refractivity contribution in [2.45, 2.75) is 44.4 Å². The molecule has 4 nitrogen and oxygen atoms in total. The number of benzene rings is 2. The number of aromatic nitrogens is 2. The summed E-state index contributed by atoms with van der Waals surface area (Å²) in [6.07, 6.45) is 7.54. The second-order valence-corrected chi connectivity index (χ2v) is 8.60. The molecule has 1 N–H and O–H groups in total. The third kappa shape index (κ3) is 5.11. The van der Waals surface area contributed by atoms with Crippen LogP contribution in [0.15, 0.2) is 59.2 Å². The van der Waals surface area contributed by atoms with Gasteiger partial charge in [0, 0.05) is 16.0 Å². The van der Waals surface area contributed by atoms with Crippen molar-refractivity contribution >= 4 is 27.7 Å². The number of rotatable bonds is 5. The molecule has 0 spiro atoms. The first kappa shape index (κ1) is 20.7. The molecule has 1 fully saturated rings. The molecule has 3 aromatic rings. The largest absolute Gasteiger partial charge is 0.309 e. The summed E-state index contributed by atoms with van der Waals surface area (Å²) in [6, 6.07) is 14.0. The predicted molar refractivity (Wildman–Crippen MR) is 120 cm³/mol. The lowest BCUT2D eigenvalue weighted by Crippen LogP contribution is -2.19. The molecule has 0 bridgehead atoms. The molecular formula is C24H23BrFN3O. The minimum Gasteiger partial charge on any atom is -0.309 e. The zero-order chi connectivity index (χ0) is 20.9. The zero-order valence-corrected chi connectivity index (χ0v) is 18.2. The van der Waals surface area contributed by atoms with E-state index >= 15 is 0 Å². The Bertz CT molecular complexity index is 1020. The van der Waals surface area contributed by atoms with Gasteiger partial charge in [-0.15, -0.1) is 0 Å². The molecule has 1 amide bonds. The summed E-state index contributed by atoms with van der Waals surface area (Å²) < 4.78 is 14.3. The van der Waals surface area contributed by atoms with Crippen LogP contribution in [-0.4, -0.2) is 15.9 Å². The number of hydrogen-bond donors (Lipinski definition) is 1. The fraction of sp³-hybridized carbons (Fsp3) is 0.292. The molecule has 0 aliphatic heterocycles. The number of carbonyl (C=O) groups excluding carboxylic acids is 1. The van der Waals surface area contributed by atoms with Gasteiger partial charge in [0.15, 0.2) is 5.82 Å². The maximum atomic E-state index is 13.3. The van der Waals surface area contributed by atoms with E-state index < -0.39 is 0 Å². The fourth-order valence-corrected chi connectivity index (χ4v) is 4.15. The van der Waals surface area contributed by atoms with E-state index in [1.807, 2.05) is 24.3 Å². The molecule has 1 aliphatic carbocycles. The zero-order valence-electron chi connectivity index (χ0n) is 16.6.